The van der Waals surface area contributed by atoms with Gasteiger partial charge in [0.2, 0.25) is 0 Å². The number of hydrogen-bond donors (Lipinski definition) is 3. The van der Waals surface area contributed by atoms with Crippen LogP contribution < -0.4 is 0 Å². The van der Waals surface area contributed by atoms with E-state index in [1.165, 1.54) is 0 Å². The first kappa shape index (κ1) is 23.1. The van der Waals surface area contributed by atoms with E-state index in [0.717, 1.165) is 25.8 Å². The maximum absolute atomic E-state index is 13.0. The minimum absolute atomic E-state index is 0.0443. The van der Waals surface area contributed by atoms with Crippen molar-refractivity contribution in [1.82, 2.24) is 4.90 Å². The van der Waals surface area contributed by atoms with Crippen molar-refractivity contribution in [1.29, 1.82) is 0 Å². The lowest BCUT2D eigenvalue weighted by Crippen LogP contribution is -2.82. The SMILES string of the molecule is CCN1C[C@]2(CO)CC[C@H](OC)[C@@]34[C@@H]5C[C@H]6[C@H](OC)[C@@H]5[C@](O)(C[C@@H]6OC)[C@@](O)([C@@H](OC)[C@@H]23)[C@@H]14. The average Bonchev–Trinajstić information content (AvgIpc) is 3.24. The van der Waals surface area contributed by atoms with Crippen molar-refractivity contribution in [3.8, 4) is 0 Å². The Balaban J connectivity index is 1.68. The third kappa shape index (κ3) is 2.16. The summed E-state index contributed by atoms with van der Waals surface area (Å²) in [6.45, 7) is 3.59. The molecule has 188 valence electrons. The second-order valence-electron chi connectivity index (χ2n) is 11.8. The van der Waals surface area contributed by atoms with Crippen molar-refractivity contribution in [2.75, 3.05) is 48.1 Å². The van der Waals surface area contributed by atoms with Crippen LogP contribution in [0.2, 0.25) is 0 Å². The first-order chi connectivity index (χ1) is 15.8. The molecule has 1 aliphatic heterocycles. The molecule has 8 nitrogen and oxygen atoms in total. The normalized spacial score (nSPS) is 60.9. The average molecular weight is 468 g/mol. The summed E-state index contributed by atoms with van der Waals surface area (Å²) in [5.41, 5.74) is -3.78. The molecule has 6 fully saturated rings. The molecule has 0 radical (unpaired) electrons. The van der Waals surface area contributed by atoms with Crippen molar-refractivity contribution < 1.29 is 34.3 Å². The number of nitrogens with zero attached hydrogens (tertiary/aromatic N) is 1. The van der Waals surface area contributed by atoms with Gasteiger partial charge in [-0.2, -0.15) is 0 Å². The Morgan fingerprint density at radius 1 is 1.03 bits per heavy atom. The van der Waals surface area contributed by atoms with E-state index in [-0.39, 0.29) is 54.6 Å². The summed E-state index contributed by atoms with van der Waals surface area (Å²) in [4.78, 5) is 2.33. The van der Waals surface area contributed by atoms with E-state index in [4.69, 9.17) is 18.9 Å². The van der Waals surface area contributed by atoms with Gasteiger partial charge in [0, 0.05) is 70.0 Å². The molecule has 0 aromatic rings. The molecule has 1 saturated heterocycles. The second-order valence-corrected chi connectivity index (χ2v) is 11.8. The summed E-state index contributed by atoms with van der Waals surface area (Å²) >= 11 is 0. The summed E-state index contributed by atoms with van der Waals surface area (Å²) < 4.78 is 24.5. The van der Waals surface area contributed by atoms with Gasteiger partial charge in [0.15, 0.2) is 0 Å². The molecule has 6 aliphatic rings. The van der Waals surface area contributed by atoms with Crippen LogP contribution in [0.3, 0.4) is 0 Å². The monoisotopic (exact) mass is 467 g/mol. The van der Waals surface area contributed by atoms with Crippen LogP contribution >= 0.6 is 0 Å². The quantitative estimate of drug-likeness (QED) is 0.512. The van der Waals surface area contributed by atoms with Crippen molar-refractivity contribution in [2.45, 2.75) is 74.3 Å². The molecule has 0 amide bonds. The molecule has 33 heavy (non-hydrogen) atoms. The summed E-state index contributed by atoms with van der Waals surface area (Å²) in [5.74, 6) is -0.0916. The highest BCUT2D eigenvalue weighted by Gasteiger charge is 2.91. The number of piperidine rings is 1. The van der Waals surface area contributed by atoms with Crippen LogP contribution in [0.15, 0.2) is 0 Å². The van der Waals surface area contributed by atoms with Crippen LogP contribution in [0.1, 0.15) is 32.6 Å². The van der Waals surface area contributed by atoms with Crippen molar-refractivity contribution in [2.24, 2.45) is 34.5 Å². The second kappa shape index (κ2) is 7.13. The van der Waals surface area contributed by atoms with E-state index in [1.807, 2.05) is 0 Å². The minimum Gasteiger partial charge on any atom is -0.396 e. The molecule has 8 heteroatoms. The van der Waals surface area contributed by atoms with Gasteiger partial charge in [-0.05, 0) is 31.7 Å². The summed E-state index contributed by atoms with van der Waals surface area (Å²) in [6.07, 6.45) is 1.81. The van der Waals surface area contributed by atoms with Gasteiger partial charge < -0.3 is 34.3 Å². The van der Waals surface area contributed by atoms with Crippen molar-refractivity contribution in [3.05, 3.63) is 0 Å². The molecule has 5 aliphatic carbocycles. The molecule has 0 aromatic heterocycles. The lowest BCUT2D eigenvalue weighted by Gasteiger charge is -2.70. The zero-order valence-electron chi connectivity index (χ0n) is 20.6. The molecule has 1 heterocycles. The fraction of sp³-hybridized carbons (Fsp3) is 1.00. The van der Waals surface area contributed by atoms with E-state index in [0.29, 0.717) is 13.0 Å². The van der Waals surface area contributed by atoms with Crippen molar-refractivity contribution >= 4 is 0 Å². The lowest BCUT2D eigenvalue weighted by atomic mass is 9.42. The van der Waals surface area contributed by atoms with Crippen LogP contribution in [-0.4, -0.2) is 110 Å². The fourth-order valence-corrected chi connectivity index (χ4v) is 11.0. The minimum atomic E-state index is -1.52. The molecule has 6 rings (SSSR count). The van der Waals surface area contributed by atoms with Crippen LogP contribution in [0, 0.1) is 34.5 Å². The smallest absolute Gasteiger partial charge is 0.136 e. The number of hydrogen-bond acceptors (Lipinski definition) is 8. The zero-order valence-corrected chi connectivity index (χ0v) is 20.6. The lowest BCUT2D eigenvalue weighted by molar-refractivity contribution is -0.320. The number of aliphatic hydroxyl groups is 3. The van der Waals surface area contributed by atoms with E-state index in [9.17, 15) is 15.3 Å². The first-order valence-corrected chi connectivity index (χ1v) is 12.7. The topological polar surface area (TPSA) is 101 Å². The number of rotatable bonds is 6. The van der Waals surface area contributed by atoms with Gasteiger partial charge in [-0.3, -0.25) is 4.90 Å². The highest BCUT2D eigenvalue weighted by molar-refractivity contribution is 5.41. The molecule has 0 unspecified atom stereocenters. The van der Waals surface area contributed by atoms with E-state index in [2.05, 4.69) is 11.8 Å². The highest BCUT2D eigenvalue weighted by Crippen LogP contribution is 2.80. The molecule has 0 aromatic carbocycles. The van der Waals surface area contributed by atoms with Gasteiger partial charge in [0.25, 0.3) is 0 Å². The maximum Gasteiger partial charge on any atom is 0.136 e. The standard InChI is InChI=1S/C25H41NO7/c1-6-26-11-22(12-27)8-7-16(31-3)24-14-9-13-15(30-2)10-23(28,17(14)18(13)32-4)25(29,21(24)26)20(33-5)19(22)24/h13-21,27-29H,6-12H2,1-5H3/t13-,14-,15+,16+,17-,18+,19+,20+,21+,22+,23-,24+,25-/m1/s1. The van der Waals surface area contributed by atoms with Gasteiger partial charge >= 0.3 is 0 Å². The Labute approximate surface area is 196 Å². The Bertz CT molecular complexity index is 814. The Morgan fingerprint density at radius 3 is 2.36 bits per heavy atom. The Morgan fingerprint density at radius 2 is 1.79 bits per heavy atom. The maximum atomic E-state index is 13.0. The fourth-order valence-electron chi connectivity index (χ4n) is 11.0. The molecule has 7 bridgehead atoms. The number of likely N-dealkylation sites (tertiary alicyclic amines) is 1. The molecular formula is C25H41NO7. The number of methoxy groups -OCH3 is 4. The van der Waals surface area contributed by atoms with Gasteiger partial charge in [-0.15, -0.1) is 0 Å². The first-order valence-electron chi connectivity index (χ1n) is 12.7. The van der Waals surface area contributed by atoms with Crippen LogP contribution in [-0.2, 0) is 18.9 Å². The summed E-state index contributed by atoms with van der Waals surface area (Å²) in [7, 11) is 6.85. The van der Waals surface area contributed by atoms with Crippen molar-refractivity contribution in [3.63, 3.8) is 0 Å². The number of ether oxygens (including phenoxy) is 4. The predicted octanol–water partition coefficient (Wildman–Crippen LogP) is 0.271. The Hall–Kier alpha value is -0.320. The number of aliphatic hydroxyl groups excluding tert-OH is 1. The predicted molar refractivity (Wildman–Crippen MR) is 119 cm³/mol. The third-order valence-corrected chi connectivity index (χ3v) is 11.6. The molecule has 13 atom stereocenters. The third-order valence-electron chi connectivity index (χ3n) is 11.6. The molecule has 3 N–H and O–H groups in total. The van der Waals surface area contributed by atoms with Crippen LogP contribution in [0.4, 0.5) is 0 Å². The van der Waals surface area contributed by atoms with Crippen LogP contribution in [0.5, 0.6) is 0 Å². The molecular weight excluding hydrogens is 426 g/mol. The number of likely N-dealkylation sites (N-methyl/N-ethyl adjacent to an activating group) is 1. The molecule has 5 saturated carbocycles. The largest absolute Gasteiger partial charge is 0.396 e. The van der Waals surface area contributed by atoms with E-state index >= 15 is 0 Å². The zero-order chi connectivity index (χ0) is 23.6. The Kier molecular flexibility index (Phi) is 4.99. The summed E-state index contributed by atoms with van der Waals surface area (Å²) in [5, 5.41) is 36.6. The highest BCUT2D eigenvalue weighted by atomic mass is 16.5. The molecule has 1 spiro atoms. The van der Waals surface area contributed by atoms with Gasteiger partial charge in [-0.25, -0.2) is 0 Å². The van der Waals surface area contributed by atoms with E-state index < -0.39 is 28.1 Å². The van der Waals surface area contributed by atoms with Gasteiger partial charge in [0.05, 0.1) is 37.1 Å². The van der Waals surface area contributed by atoms with Gasteiger partial charge in [0.1, 0.15) is 11.2 Å². The van der Waals surface area contributed by atoms with Gasteiger partial charge in [-0.1, -0.05) is 6.92 Å². The van der Waals surface area contributed by atoms with E-state index in [1.54, 1.807) is 28.4 Å². The summed E-state index contributed by atoms with van der Waals surface area (Å²) in [6, 6.07) is -0.312. The number of fused-ring (bicyclic) bond motifs is 2. The van der Waals surface area contributed by atoms with Crippen LogP contribution in [0.25, 0.3) is 0 Å².